The standard InChI is InChI=1S/C20H21ClN2O4/c1-4-11-27-15-7-5-14(6-8-15)9-10-22-20(24)23-17-13-18(25-2)16(21)12-19(17)26-3/h1,5-8,12-13H,9-11H2,2-3H3,(H2,22,23,24). The van der Waals surface area contributed by atoms with E-state index in [4.69, 9.17) is 32.2 Å². The Kier molecular flexibility index (Phi) is 7.65. The van der Waals surface area contributed by atoms with Gasteiger partial charge in [0.1, 0.15) is 23.9 Å². The minimum Gasteiger partial charge on any atom is -0.495 e. The van der Waals surface area contributed by atoms with E-state index in [-0.39, 0.29) is 12.6 Å². The van der Waals surface area contributed by atoms with E-state index in [1.165, 1.54) is 14.2 Å². The first-order valence-corrected chi connectivity index (χ1v) is 8.56. The molecule has 2 amide bonds. The van der Waals surface area contributed by atoms with Crippen LogP contribution in [-0.4, -0.2) is 33.4 Å². The highest BCUT2D eigenvalue weighted by atomic mass is 35.5. The van der Waals surface area contributed by atoms with Crippen LogP contribution in [0.4, 0.5) is 10.5 Å². The zero-order valence-electron chi connectivity index (χ0n) is 15.2. The number of halogens is 1. The minimum atomic E-state index is -0.355. The first-order valence-electron chi connectivity index (χ1n) is 8.19. The SMILES string of the molecule is C#CCOc1ccc(CCNC(=O)Nc2cc(OC)c(Cl)cc2OC)cc1. The summed E-state index contributed by atoms with van der Waals surface area (Å²) in [5, 5.41) is 5.92. The second kappa shape index (κ2) is 10.2. The van der Waals surface area contributed by atoms with Gasteiger partial charge in [-0.2, -0.15) is 0 Å². The zero-order chi connectivity index (χ0) is 19.6. The van der Waals surface area contributed by atoms with Crippen molar-refractivity contribution in [3.63, 3.8) is 0 Å². The van der Waals surface area contributed by atoms with Crippen molar-refractivity contribution < 1.29 is 19.0 Å². The average molecular weight is 389 g/mol. The van der Waals surface area contributed by atoms with Gasteiger partial charge in [0, 0.05) is 18.7 Å². The number of rotatable bonds is 8. The van der Waals surface area contributed by atoms with E-state index in [1.807, 2.05) is 24.3 Å². The highest BCUT2D eigenvalue weighted by Gasteiger charge is 2.12. The van der Waals surface area contributed by atoms with E-state index < -0.39 is 0 Å². The number of urea groups is 1. The van der Waals surface area contributed by atoms with Crippen molar-refractivity contribution >= 4 is 23.3 Å². The van der Waals surface area contributed by atoms with E-state index in [1.54, 1.807) is 12.1 Å². The van der Waals surface area contributed by atoms with Crippen molar-refractivity contribution in [1.82, 2.24) is 5.32 Å². The number of carbonyl (C=O) groups excluding carboxylic acids is 1. The molecule has 142 valence electrons. The highest BCUT2D eigenvalue weighted by molar-refractivity contribution is 6.32. The summed E-state index contributed by atoms with van der Waals surface area (Å²) in [5.74, 6) is 4.02. The summed E-state index contributed by atoms with van der Waals surface area (Å²) in [4.78, 5) is 12.1. The molecule has 0 aliphatic heterocycles. The fraction of sp³-hybridized carbons (Fsp3) is 0.250. The van der Waals surface area contributed by atoms with Crippen molar-refractivity contribution in [2.75, 3.05) is 32.7 Å². The Labute approximate surface area is 163 Å². The van der Waals surface area contributed by atoms with Gasteiger partial charge in [0.05, 0.1) is 24.9 Å². The van der Waals surface area contributed by atoms with Gasteiger partial charge in [-0.1, -0.05) is 29.7 Å². The number of amides is 2. The van der Waals surface area contributed by atoms with Crippen molar-refractivity contribution in [2.24, 2.45) is 0 Å². The van der Waals surface area contributed by atoms with E-state index in [9.17, 15) is 4.79 Å². The molecule has 0 spiro atoms. The predicted octanol–water partition coefficient (Wildman–Crippen LogP) is 3.73. The van der Waals surface area contributed by atoms with Gasteiger partial charge in [0.2, 0.25) is 0 Å². The molecule has 7 heteroatoms. The number of ether oxygens (including phenoxy) is 3. The molecule has 2 aromatic rings. The van der Waals surface area contributed by atoms with Gasteiger partial charge in [0.25, 0.3) is 0 Å². The molecule has 0 bridgehead atoms. The first-order chi connectivity index (χ1) is 13.1. The number of hydrogen-bond donors (Lipinski definition) is 2. The van der Waals surface area contributed by atoms with E-state index in [0.29, 0.717) is 40.9 Å². The van der Waals surface area contributed by atoms with Crippen LogP contribution in [0.3, 0.4) is 0 Å². The molecule has 0 heterocycles. The van der Waals surface area contributed by atoms with Crippen LogP contribution in [0.1, 0.15) is 5.56 Å². The topological polar surface area (TPSA) is 68.8 Å². The average Bonchev–Trinajstić information content (AvgIpc) is 2.68. The summed E-state index contributed by atoms with van der Waals surface area (Å²) >= 11 is 6.06. The minimum absolute atomic E-state index is 0.236. The van der Waals surface area contributed by atoms with Crippen molar-refractivity contribution in [1.29, 1.82) is 0 Å². The lowest BCUT2D eigenvalue weighted by molar-refractivity contribution is 0.252. The van der Waals surface area contributed by atoms with Gasteiger partial charge in [-0.25, -0.2) is 4.79 Å². The normalized spacial score (nSPS) is 9.85. The number of methoxy groups -OCH3 is 2. The molecule has 0 aromatic heterocycles. The molecule has 0 aliphatic carbocycles. The molecular weight excluding hydrogens is 368 g/mol. The lowest BCUT2D eigenvalue weighted by Gasteiger charge is -2.13. The van der Waals surface area contributed by atoms with Gasteiger partial charge >= 0.3 is 6.03 Å². The summed E-state index contributed by atoms with van der Waals surface area (Å²) in [5.41, 5.74) is 1.53. The molecular formula is C20H21ClN2O4. The van der Waals surface area contributed by atoms with Gasteiger partial charge < -0.3 is 24.8 Å². The quantitative estimate of drug-likeness (QED) is 0.676. The van der Waals surface area contributed by atoms with Crippen LogP contribution >= 0.6 is 11.6 Å². The predicted molar refractivity (Wildman–Crippen MR) is 106 cm³/mol. The third-order valence-corrected chi connectivity index (χ3v) is 3.96. The summed E-state index contributed by atoms with van der Waals surface area (Å²) in [6.07, 6.45) is 5.83. The second-order valence-corrected chi connectivity index (χ2v) is 5.86. The molecule has 0 saturated heterocycles. The van der Waals surface area contributed by atoms with E-state index >= 15 is 0 Å². The number of benzene rings is 2. The maximum Gasteiger partial charge on any atom is 0.319 e. The second-order valence-electron chi connectivity index (χ2n) is 5.45. The molecule has 2 rings (SSSR count). The molecule has 0 saturated carbocycles. The summed E-state index contributed by atoms with van der Waals surface area (Å²) in [7, 11) is 3.00. The molecule has 0 fully saturated rings. The van der Waals surface area contributed by atoms with Crippen molar-refractivity contribution in [2.45, 2.75) is 6.42 Å². The Morgan fingerprint density at radius 2 is 1.85 bits per heavy atom. The molecule has 2 aromatic carbocycles. The summed E-state index contributed by atoms with van der Waals surface area (Å²) in [6, 6.07) is 10.4. The van der Waals surface area contributed by atoms with Crippen LogP contribution in [0.5, 0.6) is 17.2 Å². The molecule has 0 aliphatic rings. The highest BCUT2D eigenvalue weighted by Crippen LogP contribution is 2.35. The molecule has 6 nitrogen and oxygen atoms in total. The van der Waals surface area contributed by atoms with Crippen LogP contribution in [0, 0.1) is 12.3 Å². The third kappa shape index (κ3) is 6.01. The zero-order valence-corrected chi connectivity index (χ0v) is 15.9. The first kappa shape index (κ1) is 20.3. The van der Waals surface area contributed by atoms with Gasteiger partial charge in [-0.05, 0) is 24.1 Å². The fourth-order valence-electron chi connectivity index (χ4n) is 2.32. The van der Waals surface area contributed by atoms with Crippen LogP contribution in [0.2, 0.25) is 5.02 Å². The third-order valence-electron chi connectivity index (χ3n) is 3.67. The molecule has 0 unspecified atom stereocenters. The van der Waals surface area contributed by atoms with E-state index in [0.717, 1.165) is 5.56 Å². The van der Waals surface area contributed by atoms with Gasteiger partial charge in [-0.3, -0.25) is 0 Å². The monoisotopic (exact) mass is 388 g/mol. The number of hydrogen-bond acceptors (Lipinski definition) is 4. The lowest BCUT2D eigenvalue weighted by atomic mass is 10.1. The van der Waals surface area contributed by atoms with Crippen molar-refractivity contribution in [3.8, 4) is 29.6 Å². The van der Waals surface area contributed by atoms with E-state index in [2.05, 4.69) is 16.6 Å². The summed E-state index contributed by atoms with van der Waals surface area (Å²) in [6.45, 7) is 0.698. The lowest BCUT2D eigenvalue weighted by Crippen LogP contribution is -2.30. The molecule has 27 heavy (non-hydrogen) atoms. The number of nitrogens with one attached hydrogen (secondary N) is 2. The Balaban J connectivity index is 1.87. The molecule has 0 atom stereocenters. The Morgan fingerprint density at radius 3 is 2.48 bits per heavy atom. The molecule has 2 N–H and O–H groups in total. The fourth-order valence-corrected chi connectivity index (χ4v) is 2.55. The maximum atomic E-state index is 12.1. The Bertz CT molecular complexity index is 816. The Hall–Kier alpha value is -3.04. The number of carbonyl (C=O) groups is 1. The van der Waals surface area contributed by atoms with Crippen LogP contribution in [0.25, 0.3) is 0 Å². The van der Waals surface area contributed by atoms with Crippen LogP contribution in [0.15, 0.2) is 36.4 Å². The van der Waals surface area contributed by atoms with Crippen LogP contribution in [-0.2, 0) is 6.42 Å². The largest absolute Gasteiger partial charge is 0.495 e. The number of terminal acetylenes is 1. The summed E-state index contributed by atoms with van der Waals surface area (Å²) < 4.78 is 15.7. The Morgan fingerprint density at radius 1 is 1.15 bits per heavy atom. The smallest absolute Gasteiger partial charge is 0.319 e. The maximum absolute atomic E-state index is 12.1. The number of anilines is 1. The van der Waals surface area contributed by atoms with Gasteiger partial charge in [0.15, 0.2) is 0 Å². The van der Waals surface area contributed by atoms with Crippen molar-refractivity contribution in [3.05, 3.63) is 47.0 Å². The van der Waals surface area contributed by atoms with Crippen LogP contribution < -0.4 is 24.8 Å². The van der Waals surface area contributed by atoms with Gasteiger partial charge in [-0.15, -0.1) is 6.42 Å². The molecule has 0 radical (unpaired) electrons.